The van der Waals surface area contributed by atoms with Gasteiger partial charge in [0.1, 0.15) is 0 Å². The van der Waals surface area contributed by atoms with Gasteiger partial charge in [-0.15, -0.1) is 0 Å². The fourth-order valence-electron chi connectivity index (χ4n) is 3.12. The number of nitrogens with one attached hydrogen (secondary N) is 1. The van der Waals surface area contributed by atoms with Crippen LogP contribution in [0.15, 0.2) is 42.5 Å². The molecule has 3 rings (SSSR count). The van der Waals surface area contributed by atoms with Crippen molar-refractivity contribution in [1.82, 2.24) is 5.32 Å². The van der Waals surface area contributed by atoms with Gasteiger partial charge in [0.05, 0.1) is 0 Å². The highest BCUT2D eigenvalue weighted by Gasteiger charge is 2.24. The van der Waals surface area contributed by atoms with Crippen LogP contribution in [0.25, 0.3) is 11.1 Å². The average Bonchev–Trinajstić information content (AvgIpc) is 2.89. The third-order valence-corrected chi connectivity index (χ3v) is 4.41. The second kappa shape index (κ2) is 5.99. The standard InChI is InChI=1S/C18H20ClN/c1-2-12-20-18-11-10-14-13(7-5-8-16(14)18)15-6-3-4-9-17(15)19/h3-9,18,20H,2,10-12H2,1H3. The van der Waals surface area contributed by atoms with Crippen LogP contribution in [0.2, 0.25) is 5.02 Å². The maximum atomic E-state index is 6.36. The van der Waals surface area contributed by atoms with Gasteiger partial charge in [-0.2, -0.15) is 0 Å². The van der Waals surface area contributed by atoms with Gasteiger partial charge in [-0.05, 0) is 48.6 Å². The van der Waals surface area contributed by atoms with Crippen LogP contribution in [0.5, 0.6) is 0 Å². The molecular weight excluding hydrogens is 266 g/mol. The Hall–Kier alpha value is -1.31. The lowest BCUT2D eigenvalue weighted by Crippen LogP contribution is -2.19. The van der Waals surface area contributed by atoms with Crippen molar-refractivity contribution in [3.05, 3.63) is 58.6 Å². The molecule has 0 aromatic heterocycles. The van der Waals surface area contributed by atoms with Gasteiger partial charge in [0.25, 0.3) is 0 Å². The summed E-state index contributed by atoms with van der Waals surface area (Å²) in [7, 11) is 0. The molecule has 1 aliphatic carbocycles. The van der Waals surface area contributed by atoms with E-state index in [1.807, 2.05) is 12.1 Å². The molecule has 1 nitrogen and oxygen atoms in total. The van der Waals surface area contributed by atoms with Crippen LogP contribution in [-0.2, 0) is 6.42 Å². The molecular formula is C18H20ClN. The predicted molar refractivity (Wildman–Crippen MR) is 86.2 cm³/mol. The Morgan fingerprint density at radius 3 is 2.70 bits per heavy atom. The molecule has 0 amide bonds. The summed E-state index contributed by atoms with van der Waals surface area (Å²) >= 11 is 6.36. The van der Waals surface area contributed by atoms with Gasteiger partial charge < -0.3 is 5.32 Å². The molecule has 0 saturated heterocycles. The maximum Gasteiger partial charge on any atom is 0.0484 e. The van der Waals surface area contributed by atoms with Gasteiger partial charge in [0, 0.05) is 16.6 Å². The average molecular weight is 286 g/mol. The van der Waals surface area contributed by atoms with Crippen LogP contribution in [0, 0.1) is 0 Å². The van der Waals surface area contributed by atoms with Crippen molar-refractivity contribution >= 4 is 11.6 Å². The number of fused-ring (bicyclic) bond motifs is 1. The maximum absolute atomic E-state index is 6.36. The number of hydrogen-bond donors (Lipinski definition) is 1. The normalized spacial score (nSPS) is 17.2. The number of hydrogen-bond acceptors (Lipinski definition) is 1. The summed E-state index contributed by atoms with van der Waals surface area (Å²) in [5.74, 6) is 0. The molecule has 0 saturated carbocycles. The van der Waals surface area contributed by atoms with E-state index in [9.17, 15) is 0 Å². The monoisotopic (exact) mass is 285 g/mol. The topological polar surface area (TPSA) is 12.0 Å². The number of rotatable bonds is 4. The Kier molecular flexibility index (Phi) is 4.09. The van der Waals surface area contributed by atoms with Crippen LogP contribution < -0.4 is 5.32 Å². The van der Waals surface area contributed by atoms with Crippen molar-refractivity contribution in [2.75, 3.05) is 6.54 Å². The second-order valence-electron chi connectivity index (χ2n) is 5.40. The first kappa shape index (κ1) is 13.7. The largest absolute Gasteiger partial charge is 0.310 e. The summed E-state index contributed by atoms with van der Waals surface area (Å²) < 4.78 is 0. The summed E-state index contributed by atoms with van der Waals surface area (Å²) in [6.45, 7) is 3.30. The fourth-order valence-corrected chi connectivity index (χ4v) is 3.35. The van der Waals surface area contributed by atoms with Gasteiger partial charge >= 0.3 is 0 Å². The third kappa shape index (κ3) is 2.48. The fraction of sp³-hybridized carbons (Fsp3) is 0.333. The molecule has 104 valence electrons. The van der Waals surface area contributed by atoms with Gasteiger partial charge in [-0.1, -0.05) is 54.9 Å². The Balaban J connectivity index is 2.00. The van der Waals surface area contributed by atoms with Crippen LogP contribution >= 0.6 is 11.6 Å². The van der Waals surface area contributed by atoms with Crippen molar-refractivity contribution < 1.29 is 0 Å². The van der Waals surface area contributed by atoms with Crippen molar-refractivity contribution in [3.8, 4) is 11.1 Å². The van der Waals surface area contributed by atoms with Gasteiger partial charge in [0.2, 0.25) is 0 Å². The molecule has 0 spiro atoms. The summed E-state index contributed by atoms with van der Waals surface area (Å²) in [5.41, 5.74) is 5.38. The highest BCUT2D eigenvalue weighted by atomic mass is 35.5. The second-order valence-corrected chi connectivity index (χ2v) is 5.81. The quantitative estimate of drug-likeness (QED) is 0.834. The predicted octanol–water partition coefficient (Wildman–Crippen LogP) is 4.99. The van der Waals surface area contributed by atoms with E-state index in [-0.39, 0.29) is 0 Å². The molecule has 1 unspecified atom stereocenters. The van der Waals surface area contributed by atoms with Crippen LogP contribution in [-0.4, -0.2) is 6.54 Å². The molecule has 0 heterocycles. The number of halogens is 1. The van der Waals surface area contributed by atoms with E-state index in [4.69, 9.17) is 11.6 Å². The van der Waals surface area contributed by atoms with Gasteiger partial charge in [0.15, 0.2) is 0 Å². The highest BCUT2D eigenvalue weighted by molar-refractivity contribution is 6.33. The zero-order valence-corrected chi connectivity index (χ0v) is 12.6. The first-order chi connectivity index (χ1) is 9.81. The molecule has 2 aromatic carbocycles. The lowest BCUT2D eigenvalue weighted by molar-refractivity contribution is 0.529. The highest BCUT2D eigenvalue weighted by Crippen LogP contribution is 2.39. The summed E-state index contributed by atoms with van der Waals surface area (Å²) in [4.78, 5) is 0. The molecule has 1 atom stereocenters. The molecule has 1 aliphatic rings. The smallest absolute Gasteiger partial charge is 0.0484 e. The minimum absolute atomic E-state index is 0.507. The van der Waals surface area contributed by atoms with E-state index in [1.165, 1.54) is 29.5 Å². The molecule has 2 heteroatoms. The minimum atomic E-state index is 0.507. The Morgan fingerprint density at radius 2 is 1.90 bits per heavy atom. The Bertz CT molecular complexity index is 606. The van der Waals surface area contributed by atoms with Gasteiger partial charge in [-0.25, -0.2) is 0 Å². The number of benzene rings is 2. The van der Waals surface area contributed by atoms with E-state index in [0.717, 1.165) is 23.6 Å². The van der Waals surface area contributed by atoms with E-state index >= 15 is 0 Å². The molecule has 0 aliphatic heterocycles. The van der Waals surface area contributed by atoms with Gasteiger partial charge in [-0.3, -0.25) is 0 Å². The Labute approximate surface area is 126 Å². The molecule has 0 radical (unpaired) electrons. The van der Waals surface area contributed by atoms with Crippen molar-refractivity contribution in [2.24, 2.45) is 0 Å². The van der Waals surface area contributed by atoms with Crippen LogP contribution in [0.1, 0.15) is 36.9 Å². The van der Waals surface area contributed by atoms with E-state index in [1.54, 1.807) is 0 Å². The molecule has 0 bridgehead atoms. The lowest BCUT2D eigenvalue weighted by atomic mass is 9.96. The Morgan fingerprint density at radius 1 is 1.10 bits per heavy atom. The van der Waals surface area contributed by atoms with Crippen LogP contribution in [0.4, 0.5) is 0 Å². The molecule has 1 N–H and O–H groups in total. The van der Waals surface area contributed by atoms with E-state index < -0.39 is 0 Å². The van der Waals surface area contributed by atoms with E-state index in [2.05, 4.69) is 42.6 Å². The first-order valence-corrected chi connectivity index (χ1v) is 7.79. The van der Waals surface area contributed by atoms with E-state index in [0.29, 0.717) is 6.04 Å². The minimum Gasteiger partial charge on any atom is -0.310 e. The molecule has 20 heavy (non-hydrogen) atoms. The zero-order chi connectivity index (χ0) is 13.9. The summed E-state index contributed by atoms with van der Waals surface area (Å²) in [5, 5.41) is 4.49. The summed E-state index contributed by atoms with van der Waals surface area (Å²) in [6, 6.07) is 15.3. The van der Waals surface area contributed by atoms with Crippen molar-refractivity contribution in [2.45, 2.75) is 32.2 Å². The molecule has 0 fully saturated rings. The summed E-state index contributed by atoms with van der Waals surface area (Å²) in [6.07, 6.45) is 3.50. The molecule has 2 aromatic rings. The third-order valence-electron chi connectivity index (χ3n) is 4.08. The zero-order valence-electron chi connectivity index (χ0n) is 11.8. The SMILES string of the molecule is CCCNC1CCc2c(-c3ccccc3Cl)cccc21. The van der Waals surface area contributed by atoms with Crippen molar-refractivity contribution in [3.63, 3.8) is 0 Å². The van der Waals surface area contributed by atoms with Crippen molar-refractivity contribution in [1.29, 1.82) is 0 Å². The lowest BCUT2D eigenvalue weighted by Gasteiger charge is -2.15. The first-order valence-electron chi connectivity index (χ1n) is 7.41. The van der Waals surface area contributed by atoms with Crippen LogP contribution in [0.3, 0.4) is 0 Å².